The van der Waals surface area contributed by atoms with E-state index in [4.69, 9.17) is 0 Å². The van der Waals surface area contributed by atoms with Crippen LogP contribution in [0.5, 0.6) is 11.5 Å². The minimum atomic E-state index is -0.0550. The normalized spacial score (nSPS) is 19.7. The van der Waals surface area contributed by atoms with Crippen molar-refractivity contribution in [3.8, 4) is 11.5 Å². The van der Waals surface area contributed by atoms with Gasteiger partial charge >= 0.3 is 0 Å². The Balaban J connectivity index is 1.65. The second-order valence-electron chi connectivity index (χ2n) is 9.35. The Hall–Kier alpha value is -2.53. The van der Waals surface area contributed by atoms with Gasteiger partial charge in [0.1, 0.15) is 11.5 Å². The molecule has 31 heavy (non-hydrogen) atoms. The van der Waals surface area contributed by atoms with Crippen LogP contribution in [0.25, 0.3) is 0 Å². The maximum Gasteiger partial charge on any atom is 0.223 e. The highest BCUT2D eigenvalue weighted by molar-refractivity contribution is 5.76. The molecule has 1 heterocycles. The molecule has 1 fully saturated rings. The van der Waals surface area contributed by atoms with Crippen LogP contribution in [0.2, 0.25) is 0 Å². The highest BCUT2D eigenvalue weighted by Gasteiger charge is 2.40. The summed E-state index contributed by atoms with van der Waals surface area (Å²) in [6.45, 7) is 7.59. The van der Waals surface area contributed by atoms with E-state index in [-0.39, 0.29) is 23.4 Å². The summed E-state index contributed by atoms with van der Waals surface area (Å²) >= 11 is 0. The quantitative estimate of drug-likeness (QED) is 0.665. The molecule has 2 aromatic carbocycles. The highest BCUT2D eigenvalue weighted by atomic mass is 16.3. The lowest BCUT2D eigenvalue weighted by molar-refractivity contribution is -0.140. The molecule has 0 aromatic heterocycles. The topological polar surface area (TPSA) is 64.0 Å². The number of phenolic OH excluding ortho intramolecular Hbond substituents is 2. The van der Waals surface area contributed by atoms with Gasteiger partial charge in [-0.1, -0.05) is 31.2 Å². The van der Waals surface area contributed by atoms with E-state index in [0.29, 0.717) is 24.5 Å². The van der Waals surface area contributed by atoms with Crippen molar-refractivity contribution < 1.29 is 15.0 Å². The number of phenols is 2. The van der Waals surface area contributed by atoms with Crippen LogP contribution in [0, 0.1) is 0 Å². The van der Waals surface area contributed by atoms with E-state index in [2.05, 4.69) is 31.7 Å². The van der Waals surface area contributed by atoms with Gasteiger partial charge in [-0.05, 0) is 80.8 Å². The van der Waals surface area contributed by atoms with Crippen molar-refractivity contribution in [3.63, 3.8) is 0 Å². The largest absolute Gasteiger partial charge is 0.508 e. The van der Waals surface area contributed by atoms with E-state index in [0.717, 1.165) is 31.4 Å². The minimum Gasteiger partial charge on any atom is -0.508 e. The zero-order chi connectivity index (χ0) is 22.6. The number of piperidine rings is 1. The Morgan fingerprint density at radius 1 is 1.16 bits per heavy atom. The molecule has 2 atom stereocenters. The number of likely N-dealkylation sites (tertiary alicyclic amines) is 1. The molecule has 1 saturated heterocycles. The van der Waals surface area contributed by atoms with Crippen molar-refractivity contribution in [1.29, 1.82) is 0 Å². The fraction of sp³-hybridized carbons (Fsp3) is 0.500. The molecule has 3 rings (SSSR count). The Morgan fingerprint density at radius 3 is 2.48 bits per heavy atom. The van der Waals surface area contributed by atoms with E-state index in [1.165, 1.54) is 5.56 Å². The summed E-state index contributed by atoms with van der Waals surface area (Å²) in [4.78, 5) is 17.4. The van der Waals surface area contributed by atoms with E-state index in [9.17, 15) is 15.0 Å². The van der Waals surface area contributed by atoms with Crippen molar-refractivity contribution in [3.05, 3.63) is 59.7 Å². The molecule has 0 saturated carbocycles. The van der Waals surface area contributed by atoms with Gasteiger partial charge in [-0.2, -0.15) is 0 Å². The van der Waals surface area contributed by atoms with Crippen molar-refractivity contribution in [2.45, 2.75) is 70.5 Å². The monoisotopic (exact) mass is 424 g/mol. The molecule has 5 nitrogen and oxygen atoms in total. The maximum absolute atomic E-state index is 13.0. The first-order valence-corrected chi connectivity index (χ1v) is 11.3. The fourth-order valence-electron chi connectivity index (χ4n) is 5.00. The van der Waals surface area contributed by atoms with Crippen LogP contribution in [0.1, 0.15) is 63.5 Å². The number of nitrogens with zero attached hydrogens (tertiary/aromatic N) is 2. The van der Waals surface area contributed by atoms with Gasteiger partial charge < -0.3 is 15.1 Å². The Labute approximate surface area is 186 Å². The molecule has 1 aliphatic rings. The van der Waals surface area contributed by atoms with Crippen LogP contribution in [0.15, 0.2) is 48.5 Å². The van der Waals surface area contributed by atoms with Gasteiger partial charge in [-0.15, -0.1) is 0 Å². The second-order valence-corrected chi connectivity index (χ2v) is 9.35. The predicted molar refractivity (Wildman–Crippen MR) is 124 cm³/mol. The fourth-order valence-corrected chi connectivity index (χ4v) is 5.00. The van der Waals surface area contributed by atoms with Gasteiger partial charge in [0.25, 0.3) is 0 Å². The summed E-state index contributed by atoms with van der Waals surface area (Å²) in [7, 11) is 1.92. The Bertz CT molecular complexity index is 878. The van der Waals surface area contributed by atoms with Crippen molar-refractivity contribution in [2.75, 3.05) is 13.6 Å². The Morgan fingerprint density at radius 2 is 1.87 bits per heavy atom. The smallest absolute Gasteiger partial charge is 0.223 e. The lowest BCUT2D eigenvalue weighted by atomic mass is 9.78. The molecule has 1 aliphatic heterocycles. The number of benzene rings is 2. The summed E-state index contributed by atoms with van der Waals surface area (Å²) < 4.78 is 0. The first kappa shape index (κ1) is 23.1. The molecule has 0 spiro atoms. The maximum atomic E-state index is 13.0. The average Bonchev–Trinajstić information content (AvgIpc) is 2.74. The van der Waals surface area contributed by atoms with Crippen LogP contribution >= 0.6 is 0 Å². The highest BCUT2D eigenvalue weighted by Crippen LogP contribution is 2.40. The number of aromatic hydroxyl groups is 2. The molecule has 2 aromatic rings. The first-order valence-electron chi connectivity index (χ1n) is 11.3. The molecule has 0 aliphatic carbocycles. The number of rotatable bonds is 7. The summed E-state index contributed by atoms with van der Waals surface area (Å²) in [6.07, 6.45) is 4.07. The number of carbonyl (C=O) groups excluding carboxylic acids is 1. The van der Waals surface area contributed by atoms with Gasteiger partial charge in [0.05, 0.1) is 6.17 Å². The number of hydrogen-bond donors (Lipinski definition) is 2. The molecule has 168 valence electrons. The summed E-state index contributed by atoms with van der Waals surface area (Å²) in [5.74, 6) is 1.12. The van der Waals surface area contributed by atoms with Gasteiger partial charge in [0.15, 0.2) is 0 Å². The third-order valence-electron chi connectivity index (χ3n) is 6.71. The van der Waals surface area contributed by atoms with Crippen LogP contribution in [-0.4, -0.2) is 51.2 Å². The summed E-state index contributed by atoms with van der Waals surface area (Å²) in [6, 6.07) is 14.7. The molecular formula is C26H36N2O3. The van der Waals surface area contributed by atoms with E-state index >= 15 is 0 Å². The zero-order valence-electron chi connectivity index (χ0n) is 19.2. The first-order chi connectivity index (χ1) is 14.7. The third kappa shape index (κ3) is 5.59. The molecule has 5 heteroatoms. The second kappa shape index (κ2) is 9.73. The van der Waals surface area contributed by atoms with Crippen molar-refractivity contribution in [1.82, 2.24) is 9.80 Å². The van der Waals surface area contributed by atoms with Gasteiger partial charge in [-0.25, -0.2) is 0 Å². The van der Waals surface area contributed by atoms with E-state index in [1.54, 1.807) is 18.2 Å². The van der Waals surface area contributed by atoms with Crippen molar-refractivity contribution >= 4 is 5.91 Å². The standard InChI is InChI=1S/C26H36N2O3/c1-5-24(27(4)25(31)14-11-19-9-12-22(29)13-10-19)28-16-15-21(18-26(28,2)3)20-7-6-8-23(30)17-20/h6-10,12-13,17,21,24,29-30H,5,11,14-16,18H2,1-4H3. The van der Waals surface area contributed by atoms with E-state index < -0.39 is 0 Å². The van der Waals surface area contributed by atoms with Crippen LogP contribution in [-0.2, 0) is 11.2 Å². The average molecular weight is 425 g/mol. The lowest BCUT2D eigenvalue weighted by Crippen LogP contribution is -2.59. The predicted octanol–water partition coefficient (Wildman–Crippen LogP) is 4.88. The number of aryl methyl sites for hydroxylation is 1. The third-order valence-corrected chi connectivity index (χ3v) is 6.71. The summed E-state index contributed by atoms with van der Waals surface area (Å²) in [5, 5.41) is 19.3. The number of carbonyl (C=O) groups is 1. The zero-order valence-corrected chi connectivity index (χ0v) is 19.2. The number of hydrogen-bond acceptors (Lipinski definition) is 4. The molecule has 2 unspecified atom stereocenters. The van der Waals surface area contributed by atoms with Gasteiger partial charge in [0, 0.05) is 25.6 Å². The Kier molecular flexibility index (Phi) is 7.26. The summed E-state index contributed by atoms with van der Waals surface area (Å²) in [5.41, 5.74) is 2.19. The van der Waals surface area contributed by atoms with Gasteiger partial charge in [0.2, 0.25) is 5.91 Å². The van der Waals surface area contributed by atoms with Crippen LogP contribution < -0.4 is 0 Å². The van der Waals surface area contributed by atoms with Crippen LogP contribution in [0.3, 0.4) is 0 Å². The lowest BCUT2D eigenvalue weighted by Gasteiger charge is -2.51. The SMILES string of the molecule is CCC(N(C)C(=O)CCc1ccc(O)cc1)N1CCC(c2cccc(O)c2)CC1(C)C. The molecule has 0 bridgehead atoms. The number of amides is 1. The van der Waals surface area contributed by atoms with Crippen molar-refractivity contribution in [2.24, 2.45) is 0 Å². The molecule has 1 amide bonds. The molecular weight excluding hydrogens is 388 g/mol. The van der Waals surface area contributed by atoms with E-state index in [1.807, 2.05) is 36.2 Å². The minimum absolute atomic E-state index is 0.0550. The molecule has 0 radical (unpaired) electrons. The van der Waals surface area contributed by atoms with Crippen LogP contribution in [0.4, 0.5) is 0 Å². The molecule has 2 N–H and O–H groups in total. The van der Waals surface area contributed by atoms with Gasteiger partial charge in [-0.3, -0.25) is 9.69 Å².